The van der Waals surface area contributed by atoms with Gasteiger partial charge < -0.3 is 5.73 Å². The van der Waals surface area contributed by atoms with Crippen molar-refractivity contribution in [3.63, 3.8) is 0 Å². The molecule has 0 bridgehead atoms. The van der Waals surface area contributed by atoms with Crippen molar-refractivity contribution < 1.29 is 8.42 Å². The van der Waals surface area contributed by atoms with Crippen LogP contribution in [0, 0.1) is 0 Å². The molecule has 0 aromatic carbocycles. The summed E-state index contributed by atoms with van der Waals surface area (Å²) >= 11 is 0. The van der Waals surface area contributed by atoms with Gasteiger partial charge in [-0.05, 0) is 13.8 Å². The van der Waals surface area contributed by atoms with Gasteiger partial charge in [-0.2, -0.15) is 0 Å². The number of rotatable bonds is 5. The molecule has 0 heterocycles. The molecular formula is C7H16N2O2S. The molecule has 0 aliphatic carbocycles. The quantitative estimate of drug-likeness (QED) is 0.594. The van der Waals surface area contributed by atoms with Gasteiger partial charge in [0, 0.05) is 13.1 Å². The Kier molecular flexibility index (Phi) is 5.12. The highest BCUT2D eigenvalue weighted by Gasteiger charge is 2.12. The van der Waals surface area contributed by atoms with Gasteiger partial charge in [0.15, 0.2) is 0 Å². The summed E-state index contributed by atoms with van der Waals surface area (Å²) < 4.78 is 24.7. The minimum absolute atomic E-state index is 0.317. The summed E-state index contributed by atoms with van der Waals surface area (Å²) in [7, 11) is -3.12. The Labute approximate surface area is 73.9 Å². The first kappa shape index (κ1) is 11.6. The van der Waals surface area contributed by atoms with Crippen molar-refractivity contribution in [1.82, 2.24) is 4.72 Å². The van der Waals surface area contributed by atoms with Crippen molar-refractivity contribution in [1.29, 1.82) is 0 Å². The van der Waals surface area contributed by atoms with Crippen LogP contribution >= 0.6 is 0 Å². The van der Waals surface area contributed by atoms with E-state index in [-0.39, 0.29) is 5.25 Å². The molecule has 0 rings (SSSR count). The van der Waals surface area contributed by atoms with E-state index in [1.165, 1.54) is 0 Å². The molecule has 0 aliphatic rings. The van der Waals surface area contributed by atoms with Crippen LogP contribution in [0.15, 0.2) is 12.2 Å². The molecule has 4 nitrogen and oxygen atoms in total. The second-order valence-corrected chi connectivity index (χ2v) is 4.97. The number of nitrogens with two attached hydrogens (primary N) is 1. The fraction of sp³-hybridized carbons (Fsp3) is 0.714. The van der Waals surface area contributed by atoms with E-state index in [0.717, 1.165) is 0 Å². The van der Waals surface area contributed by atoms with E-state index in [4.69, 9.17) is 5.73 Å². The molecule has 0 amide bonds. The van der Waals surface area contributed by atoms with Crippen LogP contribution in [-0.4, -0.2) is 26.8 Å². The first-order valence-electron chi connectivity index (χ1n) is 3.84. The molecule has 0 fully saturated rings. The molecule has 0 aliphatic heterocycles. The standard InChI is InChI=1S/C7H16N2O2S/c1-7(2)12(10,11)9-6-4-3-5-8/h3-4,7,9H,5-6,8H2,1-2H3/b4-3+. The second kappa shape index (κ2) is 5.29. The molecule has 0 spiro atoms. The Morgan fingerprint density at radius 3 is 2.42 bits per heavy atom. The average molecular weight is 192 g/mol. The van der Waals surface area contributed by atoms with Crippen LogP contribution in [0.25, 0.3) is 0 Å². The van der Waals surface area contributed by atoms with Crippen LogP contribution in [0.2, 0.25) is 0 Å². The lowest BCUT2D eigenvalue weighted by atomic mass is 10.5. The van der Waals surface area contributed by atoms with Gasteiger partial charge in [0.25, 0.3) is 0 Å². The first-order chi connectivity index (χ1) is 5.50. The summed E-state index contributed by atoms with van der Waals surface area (Å²) in [6.45, 7) is 4.02. The first-order valence-corrected chi connectivity index (χ1v) is 5.39. The second-order valence-electron chi connectivity index (χ2n) is 2.65. The summed E-state index contributed by atoms with van der Waals surface area (Å²) in [6.07, 6.45) is 3.41. The van der Waals surface area contributed by atoms with E-state index in [1.54, 1.807) is 26.0 Å². The van der Waals surface area contributed by atoms with Crippen LogP contribution < -0.4 is 10.5 Å². The maximum Gasteiger partial charge on any atom is 0.214 e. The number of nitrogens with one attached hydrogen (secondary N) is 1. The van der Waals surface area contributed by atoms with E-state index in [2.05, 4.69) is 4.72 Å². The molecule has 12 heavy (non-hydrogen) atoms. The van der Waals surface area contributed by atoms with Gasteiger partial charge >= 0.3 is 0 Å². The fourth-order valence-electron chi connectivity index (χ4n) is 0.510. The fourth-order valence-corrected chi connectivity index (χ4v) is 1.17. The predicted molar refractivity (Wildman–Crippen MR) is 50.3 cm³/mol. The largest absolute Gasteiger partial charge is 0.327 e. The third kappa shape index (κ3) is 4.48. The zero-order valence-corrected chi connectivity index (χ0v) is 8.26. The summed E-state index contributed by atoms with van der Waals surface area (Å²) in [5, 5.41) is -0.385. The van der Waals surface area contributed by atoms with Crippen molar-refractivity contribution in [3.8, 4) is 0 Å². The van der Waals surface area contributed by atoms with Crippen molar-refractivity contribution in [2.24, 2.45) is 5.73 Å². The molecule has 0 saturated heterocycles. The maximum absolute atomic E-state index is 11.1. The molecule has 0 aromatic heterocycles. The predicted octanol–water partition coefficient (Wildman–Crippen LogP) is -0.171. The Balaban J connectivity index is 3.86. The lowest BCUT2D eigenvalue weighted by Crippen LogP contribution is -2.30. The Bertz CT molecular complexity index is 232. The zero-order chi connectivity index (χ0) is 9.61. The van der Waals surface area contributed by atoms with Gasteiger partial charge in [-0.25, -0.2) is 13.1 Å². The molecule has 0 unspecified atom stereocenters. The van der Waals surface area contributed by atoms with E-state index < -0.39 is 10.0 Å². The van der Waals surface area contributed by atoms with Gasteiger partial charge in [0.2, 0.25) is 10.0 Å². The average Bonchev–Trinajstić information content (AvgIpc) is 1.98. The van der Waals surface area contributed by atoms with E-state index >= 15 is 0 Å². The molecule has 5 heteroatoms. The van der Waals surface area contributed by atoms with Gasteiger partial charge in [0.05, 0.1) is 5.25 Å². The Morgan fingerprint density at radius 1 is 1.42 bits per heavy atom. The van der Waals surface area contributed by atoms with E-state index in [0.29, 0.717) is 13.1 Å². The zero-order valence-electron chi connectivity index (χ0n) is 7.45. The monoisotopic (exact) mass is 192 g/mol. The smallest absolute Gasteiger partial charge is 0.214 e. The third-order valence-electron chi connectivity index (χ3n) is 1.33. The molecule has 0 atom stereocenters. The molecule has 3 N–H and O–H groups in total. The van der Waals surface area contributed by atoms with Crippen LogP contribution in [0.1, 0.15) is 13.8 Å². The van der Waals surface area contributed by atoms with Crippen molar-refractivity contribution >= 4 is 10.0 Å². The topological polar surface area (TPSA) is 72.2 Å². The van der Waals surface area contributed by atoms with Crippen molar-refractivity contribution in [2.75, 3.05) is 13.1 Å². The van der Waals surface area contributed by atoms with Gasteiger partial charge in [0.1, 0.15) is 0 Å². The summed E-state index contributed by atoms with van der Waals surface area (Å²) in [5.74, 6) is 0. The van der Waals surface area contributed by atoms with Gasteiger partial charge in [-0.1, -0.05) is 12.2 Å². The maximum atomic E-state index is 11.1. The highest BCUT2D eigenvalue weighted by molar-refractivity contribution is 7.90. The van der Waals surface area contributed by atoms with Crippen LogP contribution in [0.5, 0.6) is 0 Å². The van der Waals surface area contributed by atoms with Crippen LogP contribution in [-0.2, 0) is 10.0 Å². The van der Waals surface area contributed by atoms with Crippen molar-refractivity contribution in [2.45, 2.75) is 19.1 Å². The minimum Gasteiger partial charge on any atom is -0.327 e. The molecule has 0 aromatic rings. The number of hydrogen-bond acceptors (Lipinski definition) is 3. The number of sulfonamides is 1. The number of hydrogen-bond donors (Lipinski definition) is 2. The van der Waals surface area contributed by atoms with Crippen LogP contribution in [0.3, 0.4) is 0 Å². The van der Waals surface area contributed by atoms with Crippen LogP contribution in [0.4, 0.5) is 0 Å². The lowest BCUT2D eigenvalue weighted by molar-refractivity contribution is 0.576. The molecule has 0 radical (unpaired) electrons. The van der Waals surface area contributed by atoms with E-state index in [9.17, 15) is 8.42 Å². The SMILES string of the molecule is CC(C)S(=O)(=O)NC/C=C/CN. The van der Waals surface area contributed by atoms with Gasteiger partial charge in [-0.3, -0.25) is 0 Å². The summed E-state index contributed by atoms with van der Waals surface area (Å²) in [6, 6.07) is 0. The highest BCUT2D eigenvalue weighted by Crippen LogP contribution is 1.94. The minimum atomic E-state index is -3.12. The third-order valence-corrected chi connectivity index (χ3v) is 3.14. The van der Waals surface area contributed by atoms with Crippen molar-refractivity contribution in [3.05, 3.63) is 12.2 Å². The normalized spacial score (nSPS) is 13.0. The summed E-state index contributed by atoms with van der Waals surface area (Å²) in [5.41, 5.74) is 5.17. The molecule has 72 valence electrons. The highest BCUT2D eigenvalue weighted by atomic mass is 32.2. The molecule has 0 saturated carbocycles. The van der Waals surface area contributed by atoms with E-state index in [1.807, 2.05) is 0 Å². The summed E-state index contributed by atoms with van der Waals surface area (Å²) in [4.78, 5) is 0. The molecular weight excluding hydrogens is 176 g/mol. The Hall–Kier alpha value is -0.390. The Morgan fingerprint density at radius 2 is 2.00 bits per heavy atom. The van der Waals surface area contributed by atoms with Gasteiger partial charge in [-0.15, -0.1) is 0 Å². The lowest BCUT2D eigenvalue weighted by Gasteiger charge is -2.06.